The summed E-state index contributed by atoms with van der Waals surface area (Å²) < 4.78 is 5.10. The zero-order valence-electron chi connectivity index (χ0n) is 9.51. The number of methoxy groups -OCH3 is 1. The molecular formula is C12H16N2O2. The molecule has 4 heteroatoms. The van der Waals surface area contributed by atoms with Crippen molar-refractivity contribution in [2.75, 3.05) is 14.2 Å². The van der Waals surface area contributed by atoms with E-state index in [0.29, 0.717) is 6.42 Å². The van der Waals surface area contributed by atoms with Gasteiger partial charge in [-0.1, -0.05) is 12.1 Å². The number of carbonyl (C=O) groups excluding carboxylic acids is 1. The van der Waals surface area contributed by atoms with E-state index in [2.05, 4.69) is 0 Å². The summed E-state index contributed by atoms with van der Waals surface area (Å²) in [6.07, 6.45) is 0.682. The fourth-order valence-electron chi connectivity index (χ4n) is 2.10. The summed E-state index contributed by atoms with van der Waals surface area (Å²) in [6, 6.07) is 7.48. The molecule has 2 rings (SSSR count). The maximum absolute atomic E-state index is 11.6. The van der Waals surface area contributed by atoms with Crippen molar-refractivity contribution in [1.29, 1.82) is 0 Å². The van der Waals surface area contributed by atoms with Crippen LogP contribution in [0.5, 0.6) is 5.75 Å². The molecule has 1 saturated heterocycles. The van der Waals surface area contributed by atoms with Gasteiger partial charge >= 0.3 is 0 Å². The quantitative estimate of drug-likeness (QED) is 0.806. The molecule has 0 aliphatic carbocycles. The number of rotatable bonds is 2. The lowest BCUT2D eigenvalue weighted by molar-refractivity contribution is -0.128. The Morgan fingerprint density at radius 3 is 2.44 bits per heavy atom. The Morgan fingerprint density at radius 1 is 1.38 bits per heavy atom. The van der Waals surface area contributed by atoms with Crippen LogP contribution in [0.15, 0.2) is 24.3 Å². The van der Waals surface area contributed by atoms with Gasteiger partial charge in [0.2, 0.25) is 5.91 Å². The number of hydrogen-bond donors (Lipinski definition) is 1. The van der Waals surface area contributed by atoms with Crippen molar-refractivity contribution in [1.82, 2.24) is 4.90 Å². The van der Waals surface area contributed by atoms with Gasteiger partial charge in [0.1, 0.15) is 5.75 Å². The molecule has 16 heavy (non-hydrogen) atoms. The van der Waals surface area contributed by atoms with Crippen LogP contribution < -0.4 is 10.5 Å². The molecule has 1 heterocycles. The van der Waals surface area contributed by atoms with Gasteiger partial charge in [0.05, 0.1) is 19.2 Å². The van der Waals surface area contributed by atoms with Gasteiger partial charge < -0.3 is 15.4 Å². The van der Waals surface area contributed by atoms with Crippen LogP contribution in [0, 0.1) is 0 Å². The predicted molar refractivity (Wildman–Crippen MR) is 61.1 cm³/mol. The van der Waals surface area contributed by atoms with E-state index in [9.17, 15) is 4.79 Å². The van der Waals surface area contributed by atoms with Crippen LogP contribution >= 0.6 is 0 Å². The molecule has 0 unspecified atom stereocenters. The first kappa shape index (κ1) is 11.0. The van der Waals surface area contributed by atoms with Crippen LogP contribution in [0.1, 0.15) is 18.0 Å². The molecule has 1 amide bonds. The third kappa shape index (κ3) is 1.76. The number of nitrogens with two attached hydrogens (primary N) is 1. The average molecular weight is 220 g/mol. The van der Waals surface area contributed by atoms with Crippen LogP contribution in [0.3, 0.4) is 0 Å². The molecular weight excluding hydrogens is 204 g/mol. The second-order valence-electron chi connectivity index (χ2n) is 4.08. The SMILES string of the molecule is COc1ccc([C@H]2C[C@H](N)C(=O)N2C)cc1. The summed E-state index contributed by atoms with van der Waals surface area (Å²) in [7, 11) is 3.43. The average Bonchev–Trinajstić information content (AvgIpc) is 2.57. The molecule has 1 aliphatic heterocycles. The molecule has 1 aromatic carbocycles. The number of ether oxygens (including phenoxy) is 1. The molecule has 4 nitrogen and oxygen atoms in total. The molecule has 0 spiro atoms. The third-order valence-electron chi connectivity index (χ3n) is 3.11. The Bertz CT molecular complexity index is 389. The van der Waals surface area contributed by atoms with Gasteiger partial charge in [-0.3, -0.25) is 4.79 Å². The Hall–Kier alpha value is -1.55. The van der Waals surface area contributed by atoms with Crippen molar-refractivity contribution in [3.63, 3.8) is 0 Å². The minimum absolute atomic E-state index is 0.0146. The fourth-order valence-corrected chi connectivity index (χ4v) is 2.10. The second-order valence-corrected chi connectivity index (χ2v) is 4.08. The lowest BCUT2D eigenvalue weighted by Gasteiger charge is -2.19. The van der Waals surface area contributed by atoms with Gasteiger partial charge in [0.25, 0.3) is 0 Å². The minimum atomic E-state index is -0.364. The first-order valence-corrected chi connectivity index (χ1v) is 5.29. The standard InChI is InChI=1S/C12H16N2O2/c1-14-11(7-10(13)12(14)15)8-3-5-9(16-2)6-4-8/h3-6,10-11H,7,13H2,1-2H3/t10-,11+/m0/s1. The van der Waals surface area contributed by atoms with E-state index in [1.165, 1.54) is 0 Å². The van der Waals surface area contributed by atoms with Crippen LogP contribution in [-0.2, 0) is 4.79 Å². The van der Waals surface area contributed by atoms with Gasteiger partial charge in [0, 0.05) is 7.05 Å². The van der Waals surface area contributed by atoms with E-state index in [1.54, 1.807) is 19.1 Å². The number of carbonyl (C=O) groups is 1. The fraction of sp³-hybridized carbons (Fsp3) is 0.417. The van der Waals surface area contributed by atoms with E-state index in [-0.39, 0.29) is 18.0 Å². The Labute approximate surface area is 95.0 Å². The Morgan fingerprint density at radius 2 is 2.00 bits per heavy atom. The lowest BCUT2D eigenvalue weighted by atomic mass is 10.0. The first-order chi connectivity index (χ1) is 7.63. The van der Waals surface area contributed by atoms with Gasteiger partial charge in [-0.15, -0.1) is 0 Å². The maximum atomic E-state index is 11.6. The molecule has 0 radical (unpaired) electrons. The largest absolute Gasteiger partial charge is 0.497 e. The van der Waals surface area contributed by atoms with Gasteiger partial charge in [-0.2, -0.15) is 0 Å². The summed E-state index contributed by atoms with van der Waals surface area (Å²) in [5, 5.41) is 0. The van der Waals surface area contributed by atoms with E-state index in [1.807, 2.05) is 24.3 Å². The predicted octanol–water partition coefficient (Wildman–Crippen LogP) is 0.926. The van der Waals surface area contributed by atoms with Crippen LogP contribution in [0.2, 0.25) is 0 Å². The summed E-state index contributed by atoms with van der Waals surface area (Å²) in [6.45, 7) is 0. The van der Waals surface area contributed by atoms with Crippen molar-refractivity contribution in [3.8, 4) is 5.75 Å². The zero-order valence-corrected chi connectivity index (χ0v) is 9.51. The van der Waals surface area contributed by atoms with Crippen molar-refractivity contribution in [2.45, 2.75) is 18.5 Å². The summed E-state index contributed by atoms with van der Waals surface area (Å²) in [4.78, 5) is 13.3. The number of amides is 1. The summed E-state index contributed by atoms with van der Waals surface area (Å²) >= 11 is 0. The molecule has 2 atom stereocenters. The highest BCUT2D eigenvalue weighted by molar-refractivity contribution is 5.84. The molecule has 0 aromatic heterocycles. The highest BCUT2D eigenvalue weighted by atomic mass is 16.5. The second kappa shape index (κ2) is 4.14. The van der Waals surface area contributed by atoms with E-state index >= 15 is 0 Å². The third-order valence-corrected chi connectivity index (χ3v) is 3.11. The van der Waals surface area contributed by atoms with Crippen molar-refractivity contribution < 1.29 is 9.53 Å². The number of likely N-dealkylation sites (N-methyl/N-ethyl adjacent to an activating group) is 1. The Kier molecular flexibility index (Phi) is 2.83. The highest BCUT2D eigenvalue weighted by Gasteiger charge is 2.35. The summed E-state index contributed by atoms with van der Waals surface area (Å²) in [5.41, 5.74) is 6.84. The van der Waals surface area contributed by atoms with E-state index in [0.717, 1.165) is 11.3 Å². The molecule has 1 fully saturated rings. The van der Waals surface area contributed by atoms with Crippen LogP contribution in [0.4, 0.5) is 0 Å². The number of likely N-dealkylation sites (tertiary alicyclic amines) is 1. The minimum Gasteiger partial charge on any atom is -0.497 e. The zero-order chi connectivity index (χ0) is 11.7. The molecule has 1 aliphatic rings. The van der Waals surface area contributed by atoms with Gasteiger partial charge in [-0.25, -0.2) is 0 Å². The van der Waals surface area contributed by atoms with Crippen molar-refractivity contribution in [3.05, 3.63) is 29.8 Å². The molecule has 0 saturated carbocycles. The molecule has 1 aromatic rings. The summed E-state index contributed by atoms with van der Waals surface area (Å²) in [5.74, 6) is 0.834. The normalized spacial score (nSPS) is 24.9. The number of benzene rings is 1. The van der Waals surface area contributed by atoms with Gasteiger partial charge in [-0.05, 0) is 24.1 Å². The van der Waals surface area contributed by atoms with Crippen LogP contribution in [-0.4, -0.2) is 31.0 Å². The van der Waals surface area contributed by atoms with Crippen LogP contribution in [0.25, 0.3) is 0 Å². The topological polar surface area (TPSA) is 55.6 Å². The van der Waals surface area contributed by atoms with E-state index < -0.39 is 0 Å². The molecule has 2 N–H and O–H groups in total. The van der Waals surface area contributed by atoms with E-state index in [4.69, 9.17) is 10.5 Å². The van der Waals surface area contributed by atoms with Crippen molar-refractivity contribution >= 4 is 5.91 Å². The molecule has 0 bridgehead atoms. The first-order valence-electron chi connectivity index (χ1n) is 5.29. The number of nitrogens with zero attached hydrogens (tertiary/aromatic N) is 1. The smallest absolute Gasteiger partial charge is 0.239 e. The highest BCUT2D eigenvalue weighted by Crippen LogP contribution is 2.31. The maximum Gasteiger partial charge on any atom is 0.239 e. The lowest BCUT2D eigenvalue weighted by Crippen LogP contribution is -2.31. The number of hydrogen-bond acceptors (Lipinski definition) is 3. The van der Waals surface area contributed by atoms with Crippen molar-refractivity contribution in [2.24, 2.45) is 5.73 Å². The monoisotopic (exact) mass is 220 g/mol. The molecule has 86 valence electrons. The Balaban J connectivity index is 2.21. The van der Waals surface area contributed by atoms with Gasteiger partial charge in [0.15, 0.2) is 0 Å².